The van der Waals surface area contributed by atoms with E-state index in [-0.39, 0.29) is 11.7 Å². The monoisotopic (exact) mass is 270 g/mol. The van der Waals surface area contributed by atoms with Gasteiger partial charge >= 0.3 is 6.55 Å². The van der Waals surface area contributed by atoms with E-state index in [1.807, 2.05) is 11.5 Å². The molecule has 0 spiro atoms. The Morgan fingerprint density at radius 1 is 1.53 bits per heavy atom. The van der Waals surface area contributed by atoms with Gasteiger partial charge in [0.05, 0.1) is 11.4 Å². The number of fused-ring (bicyclic) bond motifs is 1. The molecule has 1 aliphatic rings. The van der Waals surface area contributed by atoms with Crippen molar-refractivity contribution in [1.82, 2.24) is 14.9 Å². The minimum atomic E-state index is -2.78. The van der Waals surface area contributed by atoms with Crippen LogP contribution in [0.15, 0.2) is 9.98 Å². The van der Waals surface area contributed by atoms with Crippen molar-refractivity contribution in [2.45, 2.75) is 40.0 Å². The summed E-state index contributed by atoms with van der Waals surface area (Å²) in [7, 11) is 0. The third-order valence-corrected chi connectivity index (χ3v) is 2.85. The molecule has 0 saturated heterocycles. The summed E-state index contributed by atoms with van der Waals surface area (Å²) in [4.78, 5) is 11.3. The number of nitrogens with zero attached hydrogens (tertiary/aromatic N) is 4. The first-order chi connectivity index (χ1) is 9.02. The molecule has 1 aromatic rings. The molecule has 2 heterocycles. The van der Waals surface area contributed by atoms with Crippen LogP contribution in [0.1, 0.15) is 31.1 Å². The van der Waals surface area contributed by atoms with Gasteiger partial charge in [-0.05, 0) is 13.8 Å². The number of imidazole rings is 1. The van der Waals surface area contributed by atoms with Gasteiger partial charge < -0.3 is 15.6 Å². The van der Waals surface area contributed by atoms with E-state index in [4.69, 9.17) is 5.73 Å². The Morgan fingerprint density at radius 2 is 2.26 bits per heavy atom. The van der Waals surface area contributed by atoms with Crippen LogP contribution < -0.4 is 11.1 Å². The molecule has 104 valence electrons. The van der Waals surface area contributed by atoms with E-state index in [9.17, 15) is 8.78 Å². The molecule has 19 heavy (non-hydrogen) atoms. The number of hydrogen-bond acceptors (Lipinski definition) is 3. The van der Waals surface area contributed by atoms with Crippen LogP contribution >= 0.6 is 0 Å². The topological polar surface area (TPSA) is 80.6 Å². The smallest absolute Gasteiger partial charge is 0.333 e. The molecule has 0 fully saturated rings. The highest BCUT2D eigenvalue weighted by Gasteiger charge is 2.21. The number of halogens is 2. The molecular formula is C11H16F2N6. The summed E-state index contributed by atoms with van der Waals surface area (Å²) in [5, 5.41) is 3.19. The summed E-state index contributed by atoms with van der Waals surface area (Å²) in [6.07, 6.45) is 0. The summed E-state index contributed by atoms with van der Waals surface area (Å²) in [6, 6.07) is 0. The molecule has 8 heteroatoms. The summed E-state index contributed by atoms with van der Waals surface area (Å²) < 4.78 is 26.1. The van der Waals surface area contributed by atoms with Gasteiger partial charge in [0.1, 0.15) is 5.84 Å². The summed E-state index contributed by atoms with van der Waals surface area (Å²) >= 11 is 0. The summed E-state index contributed by atoms with van der Waals surface area (Å²) in [6.45, 7) is 2.68. The van der Waals surface area contributed by atoms with E-state index in [1.54, 1.807) is 0 Å². The zero-order valence-electron chi connectivity index (χ0n) is 10.8. The Kier molecular flexibility index (Phi) is 3.89. The van der Waals surface area contributed by atoms with Crippen LogP contribution in [-0.4, -0.2) is 27.8 Å². The van der Waals surface area contributed by atoms with E-state index in [0.717, 1.165) is 17.9 Å². The molecule has 6 nitrogen and oxygen atoms in total. The van der Waals surface area contributed by atoms with Gasteiger partial charge in [0.2, 0.25) is 0 Å². The van der Waals surface area contributed by atoms with Crippen LogP contribution in [0.3, 0.4) is 0 Å². The fourth-order valence-corrected chi connectivity index (χ4v) is 2.11. The van der Waals surface area contributed by atoms with E-state index in [1.165, 1.54) is 6.92 Å². The number of nitrogens with two attached hydrogens (primary N) is 1. The van der Waals surface area contributed by atoms with Crippen molar-refractivity contribution in [3.05, 3.63) is 17.2 Å². The SMILES string of the molecule is CCn1c(C(N)=N/C(C)=N/C(F)F)nc2c1CNC2. The number of amidine groups is 2. The third kappa shape index (κ3) is 2.78. The predicted molar refractivity (Wildman–Crippen MR) is 68.3 cm³/mol. The first kappa shape index (κ1) is 13.6. The lowest BCUT2D eigenvalue weighted by atomic mass is 10.4. The maximum Gasteiger partial charge on any atom is 0.333 e. The Balaban J connectivity index is 2.34. The molecule has 0 aliphatic carbocycles. The molecule has 0 saturated carbocycles. The summed E-state index contributed by atoms with van der Waals surface area (Å²) in [5.74, 6) is 0.562. The van der Waals surface area contributed by atoms with Crippen LogP contribution in [0.2, 0.25) is 0 Å². The quantitative estimate of drug-likeness (QED) is 0.485. The number of nitrogens with one attached hydrogen (secondary N) is 1. The van der Waals surface area contributed by atoms with Gasteiger partial charge in [-0.25, -0.2) is 15.0 Å². The molecule has 0 radical (unpaired) electrons. The Labute approximate surface area is 109 Å². The number of aliphatic imine (C=N–C) groups is 2. The van der Waals surface area contributed by atoms with Crippen LogP contribution in [0.4, 0.5) is 8.78 Å². The minimum Gasteiger partial charge on any atom is -0.381 e. The van der Waals surface area contributed by atoms with Gasteiger partial charge in [-0.15, -0.1) is 0 Å². The van der Waals surface area contributed by atoms with Gasteiger partial charge in [-0.2, -0.15) is 8.78 Å². The minimum absolute atomic E-state index is 0.0589. The molecule has 1 aromatic heterocycles. The molecule has 1 aliphatic heterocycles. The second-order valence-electron chi connectivity index (χ2n) is 4.13. The van der Waals surface area contributed by atoms with Crippen molar-refractivity contribution in [2.24, 2.45) is 15.7 Å². The van der Waals surface area contributed by atoms with Gasteiger partial charge in [0.15, 0.2) is 11.7 Å². The highest BCUT2D eigenvalue weighted by atomic mass is 19.3. The van der Waals surface area contributed by atoms with E-state index in [0.29, 0.717) is 18.9 Å². The maximum atomic E-state index is 12.1. The molecular weight excluding hydrogens is 254 g/mol. The number of alkyl halides is 2. The molecule has 0 unspecified atom stereocenters. The standard InChI is InChI=1S/C11H16F2N6/c1-3-19-8-5-15-4-7(8)18-10(19)9(14)16-6(2)17-11(12)13/h11,15H,3-5H2,1-2H3,(H2,14,16,17). The third-order valence-electron chi connectivity index (χ3n) is 2.85. The van der Waals surface area contributed by atoms with Crippen molar-refractivity contribution < 1.29 is 8.78 Å². The number of rotatable bonds is 3. The van der Waals surface area contributed by atoms with Crippen LogP contribution in [0, 0.1) is 0 Å². The predicted octanol–water partition coefficient (Wildman–Crippen LogP) is 0.852. The van der Waals surface area contributed by atoms with Gasteiger partial charge in [-0.1, -0.05) is 0 Å². The highest BCUT2D eigenvalue weighted by molar-refractivity contribution is 6.02. The van der Waals surface area contributed by atoms with Crippen molar-refractivity contribution in [3.63, 3.8) is 0 Å². The lowest BCUT2D eigenvalue weighted by Crippen LogP contribution is -2.22. The van der Waals surface area contributed by atoms with E-state index in [2.05, 4.69) is 20.3 Å². The summed E-state index contributed by atoms with van der Waals surface area (Å²) in [5.41, 5.74) is 7.83. The molecule has 0 atom stereocenters. The Morgan fingerprint density at radius 3 is 2.89 bits per heavy atom. The van der Waals surface area contributed by atoms with Crippen LogP contribution in [0.25, 0.3) is 0 Å². The average Bonchev–Trinajstić information content (AvgIpc) is 2.86. The normalized spacial score (nSPS) is 16.3. The van der Waals surface area contributed by atoms with Gasteiger partial charge in [0.25, 0.3) is 0 Å². The lowest BCUT2D eigenvalue weighted by molar-refractivity contribution is 0.160. The zero-order chi connectivity index (χ0) is 14.0. The van der Waals surface area contributed by atoms with Gasteiger partial charge in [0, 0.05) is 19.6 Å². The molecule has 2 rings (SSSR count). The fourth-order valence-electron chi connectivity index (χ4n) is 2.11. The molecule has 0 bridgehead atoms. The molecule has 3 N–H and O–H groups in total. The van der Waals surface area contributed by atoms with Crippen LogP contribution in [0.5, 0.6) is 0 Å². The highest BCUT2D eigenvalue weighted by Crippen LogP contribution is 2.17. The Hall–Kier alpha value is -1.83. The number of hydrogen-bond donors (Lipinski definition) is 2. The maximum absolute atomic E-state index is 12.1. The first-order valence-corrected chi connectivity index (χ1v) is 5.99. The van der Waals surface area contributed by atoms with E-state index >= 15 is 0 Å². The molecule has 0 aromatic carbocycles. The zero-order valence-corrected chi connectivity index (χ0v) is 10.8. The fraction of sp³-hybridized carbons (Fsp3) is 0.545. The van der Waals surface area contributed by atoms with Crippen molar-refractivity contribution >= 4 is 11.7 Å². The average molecular weight is 270 g/mol. The van der Waals surface area contributed by atoms with Crippen molar-refractivity contribution in [3.8, 4) is 0 Å². The first-order valence-electron chi connectivity index (χ1n) is 5.99. The van der Waals surface area contributed by atoms with E-state index < -0.39 is 6.55 Å². The molecule has 0 amide bonds. The Bertz CT molecular complexity index is 532. The second kappa shape index (κ2) is 5.43. The second-order valence-corrected chi connectivity index (χ2v) is 4.13. The lowest BCUT2D eigenvalue weighted by Gasteiger charge is -2.07. The largest absolute Gasteiger partial charge is 0.381 e. The van der Waals surface area contributed by atoms with Crippen LogP contribution in [-0.2, 0) is 19.6 Å². The van der Waals surface area contributed by atoms with Crippen molar-refractivity contribution in [1.29, 1.82) is 0 Å². The van der Waals surface area contributed by atoms with Gasteiger partial charge in [-0.3, -0.25) is 0 Å². The van der Waals surface area contributed by atoms with Crippen molar-refractivity contribution in [2.75, 3.05) is 0 Å². The number of aromatic nitrogens is 2.